The first kappa shape index (κ1) is 26.6. The molecular formula is C18H28F2NO10S-. The van der Waals surface area contributed by atoms with Gasteiger partial charge >= 0.3 is 17.3 Å². The molecule has 0 bridgehead atoms. The Kier molecular flexibility index (Phi) is 8.42. The van der Waals surface area contributed by atoms with Crippen molar-refractivity contribution in [3.8, 4) is 0 Å². The van der Waals surface area contributed by atoms with E-state index in [2.05, 4.69) is 4.74 Å². The first-order valence-corrected chi connectivity index (χ1v) is 11.4. The van der Waals surface area contributed by atoms with E-state index in [4.69, 9.17) is 18.9 Å². The number of hydrogen-bond acceptors (Lipinski definition) is 10. The van der Waals surface area contributed by atoms with Gasteiger partial charge in [0.1, 0.15) is 11.7 Å². The van der Waals surface area contributed by atoms with E-state index in [1.807, 2.05) is 0 Å². The highest BCUT2D eigenvalue weighted by atomic mass is 32.2. The molecular weight excluding hydrogens is 460 g/mol. The van der Waals surface area contributed by atoms with E-state index in [-0.39, 0.29) is 19.8 Å². The number of hydrogen-bond donors (Lipinski definition) is 0. The van der Waals surface area contributed by atoms with Crippen LogP contribution in [0.1, 0.15) is 40.0 Å². The zero-order chi connectivity index (χ0) is 24.2. The van der Waals surface area contributed by atoms with Gasteiger partial charge in [0.15, 0.2) is 22.5 Å². The zero-order valence-electron chi connectivity index (χ0n) is 18.1. The predicted octanol–water partition coefficient (Wildman–Crippen LogP) is 1.22. The SMILES string of the molecule is CC(C)(C)OC(=O)N1CCC2(CC1)OCC(COCCC(=O)OCC(F)(F)S(=O)(=O)[O-])O2. The van der Waals surface area contributed by atoms with Gasteiger partial charge in [-0.15, -0.1) is 0 Å². The lowest BCUT2D eigenvalue weighted by Crippen LogP contribution is -2.48. The number of carbonyl (C=O) groups is 2. The topological polar surface area (TPSA) is 141 Å². The van der Waals surface area contributed by atoms with E-state index < -0.39 is 58.0 Å². The van der Waals surface area contributed by atoms with Crippen LogP contribution >= 0.6 is 0 Å². The van der Waals surface area contributed by atoms with E-state index in [9.17, 15) is 31.3 Å². The van der Waals surface area contributed by atoms with Crippen molar-refractivity contribution in [2.24, 2.45) is 0 Å². The van der Waals surface area contributed by atoms with Gasteiger partial charge in [-0.2, -0.15) is 8.78 Å². The van der Waals surface area contributed by atoms with Gasteiger partial charge < -0.3 is 33.1 Å². The quantitative estimate of drug-likeness (QED) is 0.278. The van der Waals surface area contributed by atoms with Crippen molar-refractivity contribution >= 4 is 22.2 Å². The van der Waals surface area contributed by atoms with E-state index in [1.165, 1.54) is 0 Å². The van der Waals surface area contributed by atoms with Crippen LogP contribution in [0, 0.1) is 0 Å². The molecule has 186 valence electrons. The molecule has 0 N–H and O–H groups in total. The van der Waals surface area contributed by atoms with Gasteiger partial charge in [0, 0.05) is 25.9 Å². The Balaban J connectivity index is 1.64. The Labute approximate surface area is 185 Å². The Morgan fingerprint density at radius 2 is 1.84 bits per heavy atom. The molecule has 1 amide bonds. The van der Waals surface area contributed by atoms with Crippen LogP contribution in [-0.2, 0) is 38.6 Å². The van der Waals surface area contributed by atoms with Crippen molar-refractivity contribution in [2.75, 3.05) is 39.5 Å². The third-order valence-electron chi connectivity index (χ3n) is 4.61. The second-order valence-electron chi connectivity index (χ2n) is 8.51. The number of carbonyl (C=O) groups excluding carboxylic acids is 2. The number of likely N-dealkylation sites (tertiary alicyclic amines) is 1. The van der Waals surface area contributed by atoms with E-state index in [0.717, 1.165) is 0 Å². The third kappa shape index (κ3) is 7.76. The number of rotatable bonds is 8. The molecule has 2 rings (SSSR count). The van der Waals surface area contributed by atoms with Gasteiger partial charge in [0.2, 0.25) is 0 Å². The smallest absolute Gasteiger partial charge is 0.410 e. The lowest BCUT2D eigenvalue weighted by Gasteiger charge is -2.38. The van der Waals surface area contributed by atoms with Crippen molar-refractivity contribution in [3.63, 3.8) is 0 Å². The summed E-state index contributed by atoms with van der Waals surface area (Å²) in [7, 11) is -5.92. The number of nitrogens with zero attached hydrogens (tertiary/aromatic N) is 1. The minimum absolute atomic E-state index is 0.0654. The number of ether oxygens (including phenoxy) is 5. The highest BCUT2D eigenvalue weighted by Crippen LogP contribution is 2.34. The molecule has 0 aromatic carbocycles. The molecule has 2 aliphatic heterocycles. The predicted molar refractivity (Wildman–Crippen MR) is 102 cm³/mol. The first-order chi connectivity index (χ1) is 14.6. The maximum absolute atomic E-state index is 12.9. The van der Waals surface area contributed by atoms with Crippen molar-refractivity contribution < 1.29 is 55.0 Å². The standard InChI is InChI=1S/C18H29F2NO10S/c1-16(2,3)31-15(23)21-7-5-17(6-8-21)29-11-13(30-17)10-27-9-4-14(22)28-12-18(19,20)32(24,25)26/h13H,4-12H2,1-3H3,(H,24,25,26)/p-1. The number of alkyl halides is 2. The number of piperidine rings is 1. The first-order valence-electron chi connectivity index (χ1n) is 9.99. The summed E-state index contributed by atoms with van der Waals surface area (Å²) in [6.07, 6.45) is -0.340. The van der Waals surface area contributed by atoms with Crippen LogP contribution in [-0.4, -0.2) is 92.2 Å². The molecule has 0 aliphatic carbocycles. The summed E-state index contributed by atoms with van der Waals surface area (Å²) < 4.78 is 83.3. The molecule has 14 heteroatoms. The minimum atomic E-state index is -5.92. The van der Waals surface area contributed by atoms with E-state index in [0.29, 0.717) is 25.9 Å². The van der Waals surface area contributed by atoms with Crippen LogP contribution in [0.25, 0.3) is 0 Å². The molecule has 32 heavy (non-hydrogen) atoms. The second-order valence-corrected chi connectivity index (χ2v) is 10.0. The van der Waals surface area contributed by atoms with Gasteiger partial charge in [-0.05, 0) is 20.8 Å². The Bertz CT molecular complexity index is 775. The summed E-state index contributed by atoms with van der Waals surface area (Å²) in [5.74, 6) is -1.97. The summed E-state index contributed by atoms with van der Waals surface area (Å²) in [5, 5.41) is -4.69. The number of amides is 1. The molecule has 2 fully saturated rings. The second kappa shape index (κ2) is 10.1. The average Bonchev–Trinajstić information content (AvgIpc) is 3.04. The molecule has 0 aromatic rings. The van der Waals surface area contributed by atoms with Gasteiger partial charge in [-0.25, -0.2) is 13.2 Å². The van der Waals surface area contributed by atoms with Crippen molar-refractivity contribution in [2.45, 2.75) is 62.8 Å². The zero-order valence-corrected chi connectivity index (χ0v) is 19.0. The maximum Gasteiger partial charge on any atom is 0.410 e. The molecule has 11 nitrogen and oxygen atoms in total. The summed E-state index contributed by atoms with van der Waals surface area (Å²) in [6, 6.07) is 0. The molecule has 2 saturated heterocycles. The van der Waals surface area contributed by atoms with Crippen LogP contribution in [0.5, 0.6) is 0 Å². The molecule has 1 atom stereocenters. The highest BCUT2D eigenvalue weighted by Gasteiger charge is 2.45. The average molecular weight is 488 g/mol. The van der Waals surface area contributed by atoms with Crippen LogP contribution < -0.4 is 0 Å². The molecule has 0 aromatic heterocycles. The summed E-state index contributed by atoms with van der Waals surface area (Å²) in [6.45, 7) is 4.44. The molecule has 1 unspecified atom stereocenters. The molecule has 1 spiro atoms. The highest BCUT2D eigenvalue weighted by molar-refractivity contribution is 7.86. The largest absolute Gasteiger partial charge is 0.743 e. The fraction of sp³-hybridized carbons (Fsp3) is 0.889. The fourth-order valence-electron chi connectivity index (χ4n) is 3.00. The van der Waals surface area contributed by atoms with Gasteiger partial charge in [-0.1, -0.05) is 0 Å². The number of halogens is 2. The summed E-state index contributed by atoms with van der Waals surface area (Å²) >= 11 is 0. The maximum atomic E-state index is 12.9. The van der Waals surface area contributed by atoms with Crippen LogP contribution in [0.4, 0.5) is 13.6 Å². The Morgan fingerprint density at radius 3 is 2.41 bits per heavy atom. The van der Waals surface area contributed by atoms with Gasteiger partial charge in [0.05, 0.1) is 26.2 Å². The van der Waals surface area contributed by atoms with Crippen LogP contribution in [0.15, 0.2) is 0 Å². The fourth-order valence-corrected chi connectivity index (χ4v) is 3.20. The van der Waals surface area contributed by atoms with Crippen molar-refractivity contribution in [1.29, 1.82) is 0 Å². The van der Waals surface area contributed by atoms with Gasteiger partial charge in [0.25, 0.3) is 0 Å². The van der Waals surface area contributed by atoms with Crippen LogP contribution in [0.2, 0.25) is 0 Å². The van der Waals surface area contributed by atoms with E-state index in [1.54, 1.807) is 25.7 Å². The molecule has 2 aliphatic rings. The lowest BCUT2D eigenvalue weighted by molar-refractivity contribution is -0.197. The summed E-state index contributed by atoms with van der Waals surface area (Å²) in [4.78, 5) is 25.1. The monoisotopic (exact) mass is 488 g/mol. The molecule has 0 saturated carbocycles. The number of esters is 1. The van der Waals surface area contributed by atoms with Crippen LogP contribution in [0.3, 0.4) is 0 Å². The molecule has 0 radical (unpaired) electrons. The lowest BCUT2D eigenvalue weighted by atomic mass is 10.0. The Morgan fingerprint density at radius 1 is 1.22 bits per heavy atom. The van der Waals surface area contributed by atoms with E-state index >= 15 is 0 Å². The molecule has 2 heterocycles. The third-order valence-corrected chi connectivity index (χ3v) is 5.46. The van der Waals surface area contributed by atoms with Crippen molar-refractivity contribution in [1.82, 2.24) is 4.90 Å². The minimum Gasteiger partial charge on any atom is -0.743 e. The van der Waals surface area contributed by atoms with Gasteiger partial charge in [-0.3, -0.25) is 4.79 Å². The normalized spacial score (nSPS) is 21.6. The Hall–Kier alpha value is -1.61. The van der Waals surface area contributed by atoms with Crippen molar-refractivity contribution in [3.05, 3.63) is 0 Å². The summed E-state index contributed by atoms with van der Waals surface area (Å²) in [5.41, 5.74) is -0.587.